The minimum Gasteiger partial charge on any atom is -0.340 e. The van der Waals surface area contributed by atoms with Gasteiger partial charge in [0.05, 0.1) is 6.54 Å². The predicted octanol–water partition coefficient (Wildman–Crippen LogP) is 1.73. The normalized spacial score (nSPS) is 25.1. The van der Waals surface area contributed by atoms with Crippen molar-refractivity contribution < 1.29 is 4.79 Å². The third kappa shape index (κ3) is 3.21. The zero-order chi connectivity index (χ0) is 11.4. The predicted molar refractivity (Wildman–Crippen MR) is 65.3 cm³/mol. The highest BCUT2D eigenvalue weighted by molar-refractivity contribution is 5.78. The van der Waals surface area contributed by atoms with Crippen molar-refractivity contribution in [1.82, 2.24) is 9.80 Å². The lowest BCUT2D eigenvalue weighted by molar-refractivity contribution is -0.135. The number of rotatable bonds is 3. The highest BCUT2D eigenvalue weighted by Gasteiger charge is 2.22. The second-order valence-corrected chi connectivity index (χ2v) is 5.41. The van der Waals surface area contributed by atoms with E-state index in [0.29, 0.717) is 12.5 Å². The van der Waals surface area contributed by atoms with Crippen LogP contribution in [0.15, 0.2) is 0 Å². The molecule has 2 rings (SSSR count). The van der Waals surface area contributed by atoms with Crippen molar-refractivity contribution in [3.05, 3.63) is 0 Å². The van der Waals surface area contributed by atoms with E-state index in [0.717, 1.165) is 25.6 Å². The van der Waals surface area contributed by atoms with E-state index in [1.807, 2.05) is 7.05 Å². The second-order valence-electron chi connectivity index (χ2n) is 5.41. The van der Waals surface area contributed by atoms with Crippen LogP contribution in [0.25, 0.3) is 0 Å². The van der Waals surface area contributed by atoms with Gasteiger partial charge in [-0.2, -0.15) is 0 Å². The second kappa shape index (κ2) is 5.67. The van der Waals surface area contributed by atoms with Crippen molar-refractivity contribution in [2.75, 3.05) is 33.2 Å². The molecule has 0 spiro atoms. The fourth-order valence-electron chi connectivity index (χ4n) is 2.88. The Hall–Kier alpha value is -0.570. The Labute approximate surface area is 98.8 Å². The fourth-order valence-corrected chi connectivity index (χ4v) is 2.88. The Balaban J connectivity index is 1.70. The van der Waals surface area contributed by atoms with Crippen LogP contribution in [0.1, 0.15) is 38.5 Å². The number of likely N-dealkylation sites (N-methyl/N-ethyl adjacent to an activating group) is 1. The van der Waals surface area contributed by atoms with Crippen LogP contribution in [0.5, 0.6) is 0 Å². The Morgan fingerprint density at radius 3 is 2.62 bits per heavy atom. The van der Waals surface area contributed by atoms with Gasteiger partial charge in [-0.3, -0.25) is 9.69 Å². The Morgan fingerprint density at radius 1 is 1.19 bits per heavy atom. The number of hydrogen-bond donors (Lipinski definition) is 0. The number of carbonyl (C=O) groups excluding carboxylic acids is 1. The summed E-state index contributed by atoms with van der Waals surface area (Å²) in [5.74, 6) is 1.21. The van der Waals surface area contributed by atoms with Crippen LogP contribution in [0.4, 0.5) is 0 Å². The largest absolute Gasteiger partial charge is 0.340 e. The molecule has 0 aromatic heterocycles. The van der Waals surface area contributed by atoms with Crippen LogP contribution < -0.4 is 0 Å². The zero-order valence-corrected chi connectivity index (χ0v) is 10.5. The summed E-state index contributed by atoms with van der Waals surface area (Å²) in [6.45, 7) is 3.58. The maximum absolute atomic E-state index is 11.8. The first kappa shape index (κ1) is 11.9. The first-order chi connectivity index (χ1) is 7.75. The third-order valence-corrected chi connectivity index (χ3v) is 4.04. The number of nitrogens with zero attached hydrogens (tertiary/aromatic N) is 2. The molecular formula is C13H24N2O. The van der Waals surface area contributed by atoms with Gasteiger partial charge in [0.2, 0.25) is 5.91 Å². The van der Waals surface area contributed by atoms with Crippen LogP contribution in [-0.2, 0) is 4.79 Å². The number of hydrogen-bond acceptors (Lipinski definition) is 2. The molecule has 1 aliphatic heterocycles. The van der Waals surface area contributed by atoms with E-state index >= 15 is 0 Å². The fraction of sp³-hybridized carbons (Fsp3) is 0.923. The number of amides is 1. The molecule has 0 radical (unpaired) electrons. The van der Waals surface area contributed by atoms with Gasteiger partial charge >= 0.3 is 0 Å². The lowest BCUT2D eigenvalue weighted by Gasteiger charge is -2.33. The minimum atomic E-state index is 0.324. The van der Waals surface area contributed by atoms with Crippen LogP contribution in [0.3, 0.4) is 0 Å². The van der Waals surface area contributed by atoms with Gasteiger partial charge in [-0.15, -0.1) is 0 Å². The van der Waals surface area contributed by atoms with E-state index < -0.39 is 0 Å². The van der Waals surface area contributed by atoms with Crippen molar-refractivity contribution in [2.45, 2.75) is 38.5 Å². The molecule has 0 N–H and O–H groups in total. The quantitative estimate of drug-likeness (QED) is 0.729. The summed E-state index contributed by atoms with van der Waals surface area (Å²) in [4.78, 5) is 15.9. The Kier molecular flexibility index (Phi) is 4.22. The van der Waals surface area contributed by atoms with E-state index in [9.17, 15) is 4.79 Å². The average Bonchev–Trinajstić information content (AvgIpc) is 2.29. The smallest absolute Gasteiger partial charge is 0.236 e. The van der Waals surface area contributed by atoms with Crippen LogP contribution >= 0.6 is 0 Å². The summed E-state index contributed by atoms with van der Waals surface area (Å²) >= 11 is 0. The monoisotopic (exact) mass is 224 g/mol. The summed E-state index contributed by atoms with van der Waals surface area (Å²) in [6, 6.07) is 0. The average molecular weight is 224 g/mol. The molecule has 0 aromatic rings. The first-order valence-corrected chi connectivity index (χ1v) is 6.72. The summed E-state index contributed by atoms with van der Waals surface area (Å²) < 4.78 is 0. The molecule has 3 heteroatoms. The maximum atomic E-state index is 11.8. The lowest BCUT2D eigenvalue weighted by Crippen LogP contribution is -2.49. The molecule has 16 heavy (non-hydrogen) atoms. The molecule has 1 saturated heterocycles. The van der Waals surface area contributed by atoms with Gasteiger partial charge < -0.3 is 4.90 Å². The molecule has 0 unspecified atom stereocenters. The molecule has 3 nitrogen and oxygen atoms in total. The van der Waals surface area contributed by atoms with E-state index in [1.165, 1.54) is 38.5 Å². The highest BCUT2D eigenvalue weighted by atomic mass is 16.2. The van der Waals surface area contributed by atoms with Crippen molar-refractivity contribution in [2.24, 2.45) is 5.92 Å². The van der Waals surface area contributed by atoms with Crippen molar-refractivity contribution in [3.63, 3.8) is 0 Å². The summed E-state index contributed by atoms with van der Waals surface area (Å²) in [5.41, 5.74) is 0. The number of carbonyl (C=O) groups is 1. The van der Waals surface area contributed by atoms with Gasteiger partial charge in [0.25, 0.3) is 0 Å². The van der Waals surface area contributed by atoms with Crippen molar-refractivity contribution >= 4 is 5.91 Å². The number of piperazine rings is 1. The Morgan fingerprint density at radius 2 is 1.94 bits per heavy atom. The first-order valence-electron chi connectivity index (χ1n) is 6.72. The van der Waals surface area contributed by atoms with Gasteiger partial charge in [0, 0.05) is 19.6 Å². The zero-order valence-electron chi connectivity index (χ0n) is 10.5. The summed E-state index contributed by atoms with van der Waals surface area (Å²) in [6.07, 6.45) is 8.24. The molecule has 0 atom stereocenters. The van der Waals surface area contributed by atoms with Crippen LogP contribution in [-0.4, -0.2) is 48.9 Å². The molecule has 2 fully saturated rings. The molecule has 92 valence electrons. The lowest BCUT2D eigenvalue weighted by atomic mass is 9.87. The molecule has 0 aromatic carbocycles. The molecule has 0 bridgehead atoms. The van der Waals surface area contributed by atoms with Gasteiger partial charge in [-0.25, -0.2) is 0 Å². The van der Waals surface area contributed by atoms with E-state index in [-0.39, 0.29) is 0 Å². The van der Waals surface area contributed by atoms with Gasteiger partial charge in [0.1, 0.15) is 0 Å². The molecule has 1 heterocycles. The molecule has 1 aliphatic carbocycles. The van der Waals surface area contributed by atoms with Crippen molar-refractivity contribution in [3.8, 4) is 0 Å². The van der Waals surface area contributed by atoms with Crippen molar-refractivity contribution in [1.29, 1.82) is 0 Å². The molecule has 1 amide bonds. The Bertz CT molecular complexity index is 236. The third-order valence-electron chi connectivity index (χ3n) is 4.04. The summed E-state index contributed by atoms with van der Waals surface area (Å²) in [7, 11) is 2.02. The SMILES string of the molecule is CN1CCN(CCC2CCCCC2)C(=O)C1. The van der Waals surface area contributed by atoms with E-state index in [4.69, 9.17) is 0 Å². The van der Waals surface area contributed by atoms with E-state index in [2.05, 4.69) is 9.80 Å². The maximum Gasteiger partial charge on any atom is 0.236 e. The van der Waals surface area contributed by atoms with Gasteiger partial charge in [-0.05, 0) is 19.4 Å². The van der Waals surface area contributed by atoms with Gasteiger partial charge in [-0.1, -0.05) is 32.1 Å². The standard InChI is InChI=1S/C13H24N2O/c1-14-9-10-15(13(16)11-14)8-7-12-5-3-2-4-6-12/h12H,2-11H2,1H3. The topological polar surface area (TPSA) is 23.6 Å². The molecular weight excluding hydrogens is 200 g/mol. The van der Waals surface area contributed by atoms with Crippen LogP contribution in [0, 0.1) is 5.92 Å². The van der Waals surface area contributed by atoms with Crippen LogP contribution in [0.2, 0.25) is 0 Å². The summed E-state index contributed by atoms with van der Waals surface area (Å²) in [5, 5.41) is 0. The molecule has 2 aliphatic rings. The minimum absolute atomic E-state index is 0.324. The highest BCUT2D eigenvalue weighted by Crippen LogP contribution is 2.26. The van der Waals surface area contributed by atoms with Gasteiger partial charge in [0.15, 0.2) is 0 Å². The van der Waals surface area contributed by atoms with E-state index in [1.54, 1.807) is 0 Å². The molecule has 1 saturated carbocycles.